The van der Waals surface area contributed by atoms with Crippen LogP contribution in [0.25, 0.3) is 16.0 Å². The maximum absolute atomic E-state index is 13.6. The minimum absolute atomic E-state index is 0.170. The number of rotatable bonds is 1. The van der Waals surface area contributed by atoms with Gasteiger partial charge in [-0.15, -0.1) is 21.5 Å². The SMILES string of the molecule is CC(C)(C)C1CCc2c(sc3c2c(=O)n(C2CCCCC2)c2nncn32)C1. The van der Waals surface area contributed by atoms with Gasteiger partial charge in [0.1, 0.15) is 11.2 Å². The van der Waals surface area contributed by atoms with Crippen LogP contribution in [0.1, 0.15) is 75.8 Å². The molecule has 3 aromatic heterocycles. The summed E-state index contributed by atoms with van der Waals surface area (Å²) in [5.41, 5.74) is 1.78. The Balaban J connectivity index is 1.73. The topological polar surface area (TPSA) is 52.2 Å². The highest BCUT2D eigenvalue weighted by atomic mass is 32.1. The zero-order valence-electron chi connectivity index (χ0n) is 16.5. The number of nitrogens with zero attached hydrogens (tertiary/aromatic N) is 4. The standard InChI is InChI=1S/C21H28N4OS/c1-21(2,3)13-9-10-15-16(11-13)27-19-17(15)18(26)25(14-7-5-4-6-8-14)20-23-22-12-24(19)20/h12-14H,4-11H2,1-3H3. The van der Waals surface area contributed by atoms with Gasteiger partial charge < -0.3 is 0 Å². The van der Waals surface area contributed by atoms with E-state index in [4.69, 9.17) is 0 Å². The molecule has 5 rings (SSSR count). The maximum atomic E-state index is 13.6. The molecule has 1 fully saturated rings. The van der Waals surface area contributed by atoms with Crippen LogP contribution in [0, 0.1) is 11.3 Å². The average molecular weight is 385 g/mol. The van der Waals surface area contributed by atoms with Gasteiger partial charge in [-0.1, -0.05) is 40.0 Å². The highest BCUT2D eigenvalue weighted by Crippen LogP contribution is 2.43. The van der Waals surface area contributed by atoms with E-state index in [0.29, 0.717) is 11.3 Å². The fourth-order valence-electron chi connectivity index (χ4n) is 5.12. The van der Waals surface area contributed by atoms with E-state index in [0.717, 1.165) is 41.7 Å². The Morgan fingerprint density at radius 3 is 2.67 bits per heavy atom. The second-order valence-electron chi connectivity index (χ2n) is 9.46. The van der Waals surface area contributed by atoms with Crippen molar-refractivity contribution in [2.45, 2.75) is 78.2 Å². The second-order valence-corrected chi connectivity index (χ2v) is 10.5. The Bertz CT molecular complexity index is 1060. The largest absolute Gasteiger partial charge is 0.273 e. The van der Waals surface area contributed by atoms with Gasteiger partial charge in [-0.05, 0) is 49.0 Å². The summed E-state index contributed by atoms with van der Waals surface area (Å²) < 4.78 is 4.04. The third kappa shape index (κ3) is 2.67. The van der Waals surface area contributed by atoms with Crippen LogP contribution >= 0.6 is 11.3 Å². The highest BCUT2D eigenvalue weighted by molar-refractivity contribution is 7.18. The number of aryl methyl sites for hydroxylation is 1. The van der Waals surface area contributed by atoms with E-state index in [1.54, 1.807) is 17.7 Å². The molecule has 6 heteroatoms. The van der Waals surface area contributed by atoms with E-state index in [2.05, 4.69) is 35.4 Å². The van der Waals surface area contributed by atoms with Crippen LogP contribution in [0.4, 0.5) is 0 Å². The molecular weight excluding hydrogens is 356 g/mol. The molecule has 0 bridgehead atoms. The fourth-order valence-corrected chi connectivity index (χ4v) is 6.50. The number of fused-ring (bicyclic) bond motifs is 5. The molecule has 0 saturated heterocycles. The molecule has 1 unspecified atom stereocenters. The van der Waals surface area contributed by atoms with Crippen LogP contribution in [0.3, 0.4) is 0 Å². The van der Waals surface area contributed by atoms with E-state index in [1.165, 1.54) is 36.1 Å². The van der Waals surface area contributed by atoms with Crippen LogP contribution in [0.15, 0.2) is 11.1 Å². The van der Waals surface area contributed by atoms with Crippen LogP contribution in [-0.2, 0) is 12.8 Å². The first-order valence-corrected chi connectivity index (χ1v) is 11.2. The highest BCUT2D eigenvalue weighted by Gasteiger charge is 2.33. The van der Waals surface area contributed by atoms with Gasteiger partial charge in [-0.3, -0.25) is 13.8 Å². The zero-order valence-corrected chi connectivity index (χ0v) is 17.3. The van der Waals surface area contributed by atoms with E-state index < -0.39 is 0 Å². The summed E-state index contributed by atoms with van der Waals surface area (Å²) in [5, 5.41) is 9.46. The molecule has 0 radical (unpaired) electrons. The molecule has 5 nitrogen and oxygen atoms in total. The van der Waals surface area contributed by atoms with Gasteiger partial charge in [-0.25, -0.2) is 0 Å². The van der Waals surface area contributed by atoms with Crippen molar-refractivity contribution in [2.24, 2.45) is 11.3 Å². The monoisotopic (exact) mass is 384 g/mol. The van der Waals surface area contributed by atoms with Crippen LogP contribution in [0.5, 0.6) is 0 Å². The maximum Gasteiger partial charge on any atom is 0.264 e. The molecule has 0 aliphatic heterocycles. The normalized spacial score (nSPS) is 21.8. The molecule has 1 saturated carbocycles. The average Bonchev–Trinajstić information content (AvgIpc) is 3.25. The molecule has 144 valence electrons. The van der Waals surface area contributed by atoms with Crippen molar-refractivity contribution in [3.63, 3.8) is 0 Å². The summed E-state index contributed by atoms with van der Waals surface area (Å²) in [7, 11) is 0. The van der Waals surface area contributed by atoms with Gasteiger partial charge in [0.15, 0.2) is 0 Å². The first kappa shape index (κ1) is 17.4. The summed E-state index contributed by atoms with van der Waals surface area (Å²) in [6, 6.07) is 0.267. The lowest BCUT2D eigenvalue weighted by Crippen LogP contribution is -2.29. The van der Waals surface area contributed by atoms with E-state index in [9.17, 15) is 4.79 Å². The minimum atomic E-state index is 0.170. The fraction of sp³-hybridized carbons (Fsp3) is 0.667. The predicted octanol–water partition coefficient (Wildman–Crippen LogP) is 4.76. The summed E-state index contributed by atoms with van der Waals surface area (Å²) in [4.78, 5) is 16.1. The van der Waals surface area contributed by atoms with Gasteiger partial charge in [0.2, 0.25) is 5.78 Å². The Labute approximate surface area is 163 Å². The van der Waals surface area contributed by atoms with Crippen molar-refractivity contribution in [3.05, 3.63) is 27.1 Å². The van der Waals surface area contributed by atoms with Gasteiger partial charge in [-0.2, -0.15) is 0 Å². The summed E-state index contributed by atoms with van der Waals surface area (Å²) in [5.74, 6) is 1.40. The van der Waals surface area contributed by atoms with Gasteiger partial charge in [0, 0.05) is 10.9 Å². The molecule has 0 N–H and O–H groups in total. The summed E-state index contributed by atoms with van der Waals surface area (Å²) in [6.45, 7) is 7.01. The Hall–Kier alpha value is -1.69. The zero-order chi connectivity index (χ0) is 18.8. The van der Waals surface area contributed by atoms with Crippen molar-refractivity contribution >= 4 is 27.3 Å². The van der Waals surface area contributed by atoms with Crippen LogP contribution < -0.4 is 5.56 Å². The van der Waals surface area contributed by atoms with E-state index in [1.807, 2.05) is 4.57 Å². The number of aromatic nitrogens is 4. The molecule has 1 atom stereocenters. The molecule has 2 aliphatic rings. The number of hydrogen-bond acceptors (Lipinski definition) is 4. The van der Waals surface area contributed by atoms with Crippen LogP contribution in [-0.4, -0.2) is 19.2 Å². The lowest BCUT2D eigenvalue weighted by atomic mass is 9.72. The quantitative estimate of drug-likeness (QED) is 0.608. The van der Waals surface area contributed by atoms with Gasteiger partial charge in [0.05, 0.1) is 5.39 Å². The van der Waals surface area contributed by atoms with Crippen molar-refractivity contribution in [1.82, 2.24) is 19.2 Å². The number of hydrogen-bond donors (Lipinski definition) is 0. The Morgan fingerprint density at radius 1 is 1.15 bits per heavy atom. The molecule has 0 amide bonds. The molecule has 27 heavy (non-hydrogen) atoms. The van der Waals surface area contributed by atoms with Gasteiger partial charge in [0.25, 0.3) is 5.56 Å². The second kappa shape index (κ2) is 6.16. The minimum Gasteiger partial charge on any atom is -0.273 e. The summed E-state index contributed by atoms with van der Waals surface area (Å²) in [6.07, 6.45) is 10.9. The van der Waals surface area contributed by atoms with Crippen molar-refractivity contribution < 1.29 is 0 Å². The molecule has 0 aromatic carbocycles. The Kier molecular flexibility index (Phi) is 3.97. The van der Waals surface area contributed by atoms with Gasteiger partial charge >= 0.3 is 0 Å². The van der Waals surface area contributed by atoms with E-state index in [-0.39, 0.29) is 11.6 Å². The third-order valence-corrected chi connectivity index (χ3v) is 8.06. The number of thiophene rings is 1. The third-order valence-electron chi connectivity index (χ3n) is 6.81. The lowest BCUT2D eigenvalue weighted by molar-refractivity contribution is 0.218. The molecule has 3 heterocycles. The predicted molar refractivity (Wildman–Crippen MR) is 110 cm³/mol. The molecule has 3 aromatic rings. The van der Waals surface area contributed by atoms with Crippen molar-refractivity contribution in [2.75, 3.05) is 0 Å². The molecule has 2 aliphatic carbocycles. The first-order chi connectivity index (χ1) is 12.9. The van der Waals surface area contributed by atoms with Crippen molar-refractivity contribution in [3.8, 4) is 0 Å². The van der Waals surface area contributed by atoms with E-state index >= 15 is 0 Å². The lowest BCUT2D eigenvalue weighted by Gasteiger charge is -2.33. The van der Waals surface area contributed by atoms with Crippen molar-refractivity contribution in [1.29, 1.82) is 0 Å². The first-order valence-electron chi connectivity index (χ1n) is 10.3. The summed E-state index contributed by atoms with van der Waals surface area (Å²) >= 11 is 1.79. The molecular formula is C21H28N4OS. The smallest absolute Gasteiger partial charge is 0.264 e. The Morgan fingerprint density at radius 2 is 1.93 bits per heavy atom. The molecule has 0 spiro atoms. The van der Waals surface area contributed by atoms with Crippen LogP contribution in [0.2, 0.25) is 0 Å².